The standard InChI is InChI=1S/C14H19ClO/c1-14(2,9-16)11-6-7-12-10(8-11)4-3-5-13(12)15/h3-5,11,16H,6-9H2,1-2H3. The molecule has 88 valence electrons. The molecule has 0 heterocycles. The number of fused-ring (bicyclic) bond motifs is 1. The highest BCUT2D eigenvalue weighted by molar-refractivity contribution is 6.31. The molecular formula is C14H19ClO. The molecule has 1 atom stereocenters. The molecule has 2 rings (SSSR count). The molecule has 1 unspecified atom stereocenters. The predicted octanol–water partition coefficient (Wildman–Crippen LogP) is 3.46. The molecule has 0 aliphatic heterocycles. The summed E-state index contributed by atoms with van der Waals surface area (Å²) in [5, 5.41) is 10.3. The Morgan fingerprint density at radius 2 is 2.19 bits per heavy atom. The smallest absolute Gasteiger partial charge is 0.0484 e. The molecule has 0 bridgehead atoms. The van der Waals surface area contributed by atoms with Crippen molar-refractivity contribution in [3.05, 3.63) is 34.3 Å². The molecule has 2 heteroatoms. The van der Waals surface area contributed by atoms with Gasteiger partial charge in [0.15, 0.2) is 0 Å². The fraction of sp³-hybridized carbons (Fsp3) is 0.571. The first-order valence-corrected chi connectivity index (χ1v) is 6.29. The van der Waals surface area contributed by atoms with E-state index in [0.717, 1.165) is 24.3 Å². The second kappa shape index (κ2) is 4.38. The molecule has 1 aromatic rings. The molecule has 1 aromatic carbocycles. The summed E-state index contributed by atoms with van der Waals surface area (Å²) < 4.78 is 0. The minimum atomic E-state index is 0.0139. The minimum absolute atomic E-state index is 0.0139. The predicted molar refractivity (Wildman–Crippen MR) is 67.8 cm³/mol. The molecule has 1 aliphatic carbocycles. The van der Waals surface area contributed by atoms with Gasteiger partial charge in [-0.3, -0.25) is 0 Å². The van der Waals surface area contributed by atoms with Gasteiger partial charge < -0.3 is 5.11 Å². The zero-order valence-corrected chi connectivity index (χ0v) is 10.7. The maximum absolute atomic E-state index is 9.42. The third kappa shape index (κ3) is 2.11. The van der Waals surface area contributed by atoms with Gasteiger partial charge in [-0.15, -0.1) is 0 Å². The number of benzene rings is 1. The SMILES string of the molecule is CC(C)(CO)C1CCc2c(Cl)cccc2C1. The van der Waals surface area contributed by atoms with Gasteiger partial charge in [0.2, 0.25) is 0 Å². The van der Waals surface area contributed by atoms with Crippen LogP contribution in [0.2, 0.25) is 5.02 Å². The minimum Gasteiger partial charge on any atom is -0.396 e. The van der Waals surface area contributed by atoms with Crippen LogP contribution in [0.1, 0.15) is 31.4 Å². The van der Waals surface area contributed by atoms with Gasteiger partial charge in [-0.25, -0.2) is 0 Å². The van der Waals surface area contributed by atoms with Crippen molar-refractivity contribution in [2.45, 2.75) is 33.1 Å². The zero-order valence-electron chi connectivity index (χ0n) is 9.96. The summed E-state index contributed by atoms with van der Waals surface area (Å²) in [5.41, 5.74) is 2.69. The molecule has 1 N–H and O–H groups in total. The van der Waals surface area contributed by atoms with Gasteiger partial charge >= 0.3 is 0 Å². The topological polar surface area (TPSA) is 20.2 Å². The summed E-state index contributed by atoms with van der Waals surface area (Å²) in [5.74, 6) is 0.559. The molecule has 0 spiro atoms. The quantitative estimate of drug-likeness (QED) is 0.837. The van der Waals surface area contributed by atoms with Crippen molar-refractivity contribution in [3.8, 4) is 0 Å². The van der Waals surface area contributed by atoms with E-state index in [1.54, 1.807) is 0 Å². The van der Waals surface area contributed by atoms with E-state index in [9.17, 15) is 5.11 Å². The molecule has 1 aliphatic rings. The molecule has 0 fully saturated rings. The highest BCUT2D eigenvalue weighted by atomic mass is 35.5. The van der Waals surface area contributed by atoms with Crippen molar-refractivity contribution in [3.63, 3.8) is 0 Å². The first-order valence-electron chi connectivity index (χ1n) is 5.92. The second-order valence-corrected chi connectivity index (χ2v) is 5.87. The van der Waals surface area contributed by atoms with Crippen molar-refractivity contribution in [2.24, 2.45) is 11.3 Å². The van der Waals surface area contributed by atoms with Gasteiger partial charge in [-0.1, -0.05) is 37.6 Å². The largest absolute Gasteiger partial charge is 0.396 e. The fourth-order valence-electron chi connectivity index (χ4n) is 2.56. The normalized spacial score (nSPS) is 20.6. The maximum Gasteiger partial charge on any atom is 0.0484 e. The number of hydrogen-bond acceptors (Lipinski definition) is 1. The summed E-state index contributed by atoms with van der Waals surface area (Å²) in [6.07, 6.45) is 3.22. The lowest BCUT2D eigenvalue weighted by Crippen LogP contribution is -2.32. The molecular weight excluding hydrogens is 220 g/mol. The summed E-state index contributed by atoms with van der Waals surface area (Å²) >= 11 is 6.19. The summed E-state index contributed by atoms with van der Waals surface area (Å²) in [6.45, 7) is 4.55. The number of aliphatic hydroxyl groups excluding tert-OH is 1. The first-order chi connectivity index (χ1) is 7.54. The Bertz CT molecular complexity index is 384. The van der Waals surface area contributed by atoms with E-state index < -0.39 is 0 Å². The average Bonchev–Trinajstić information content (AvgIpc) is 2.29. The van der Waals surface area contributed by atoms with Crippen LogP contribution in [0, 0.1) is 11.3 Å². The fourth-order valence-corrected chi connectivity index (χ4v) is 2.85. The summed E-state index contributed by atoms with van der Waals surface area (Å²) in [6, 6.07) is 6.16. The highest BCUT2D eigenvalue weighted by Gasteiger charge is 2.32. The van der Waals surface area contributed by atoms with E-state index in [2.05, 4.69) is 19.9 Å². The van der Waals surface area contributed by atoms with Crippen molar-refractivity contribution >= 4 is 11.6 Å². The number of rotatable bonds is 2. The third-order valence-electron chi connectivity index (χ3n) is 3.94. The van der Waals surface area contributed by atoms with Crippen LogP contribution in [0.3, 0.4) is 0 Å². The Hall–Kier alpha value is -0.530. The second-order valence-electron chi connectivity index (χ2n) is 5.46. The van der Waals surface area contributed by atoms with Gasteiger partial charge in [-0.05, 0) is 47.8 Å². The van der Waals surface area contributed by atoms with Gasteiger partial charge in [0.05, 0.1) is 0 Å². The van der Waals surface area contributed by atoms with E-state index in [1.165, 1.54) is 11.1 Å². The van der Waals surface area contributed by atoms with Crippen molar-refractivity contribution in [1.29, 1.82) is 0 Å². The molecule has 16 heavy (non-hydrogen) atoms. The van der Waals surface area contributed by atoms with Gasteiger partial charge in [-0.2, -0.15) is 0 Å². The van der Waals surface area contributed by atoms with Gasteiger partial charge in [0.1, 0.15) is 0 Å². The third-order valence-corrected chi connectivity index (χ3v) is 4.29. The van der Waals surface area contributed by atoms with Crippen molar-refractivity contribution < 1.29 is 5.11 Å². The van der Waals surface area contributed by atoms with Crippen molar-refractivity contribution in [1.82, 2.24) is 0 Å². The van der Waals surface area contributed by atoms with Crippen LogP contribution < -0.4 is 0 Å². The highest BCUT2D eigenvalue weighted by Crippen LogP contribution is 2.39. The average molecular weight is 239 g/mol. The molecule has 0 saturated heterocycles. The lowest BCUT2D eigenvalue weighted by Gasteiger charge is -2.36. The molecule has 0 radical (unpaired) electrons. The maximum atomic E-state index is 9.42. The molecule has 0 aromatic heterocycles. The van der Waals surface area contributed by atoms with Crippen LogP contribution in [0.25, 0.3) is 0 Å². The summed E-state index contributed by atoms with van der Waals surface area (Å²) in [7, 11) is 0. The van der Waals surface area contributed by atoms with Crippen LogP contribution in [0.5, 0.6) is 0 Å². The summed E-state index contributed by atoms with van der Waals surface area (Å²) in [4.78, 5) is 0. The van der Waals surface area contributed by atoms with Crippen LogP contribution in [-0.4, -0.2) is 11.7 Å². The molecule has 0 saturated carbocycles. The number of aliphatic hydroxyl groups is 1. The Morgan fingerprint density at radius 3 is 2.88 bits per heavy atom. The van der Waals surface area contributed by atoms with Crippen LogP contribution in [0.15, 0.2) is 18.2 Å². The van der Waals surface area contributed by atoms with Crippen LogP contribution in [-0.2, 0) is 12.8 Å². The Morgan fingerprint density at radius 1 is 1.44 bits per heavy atom. The number of halogens is 1. The van der Waals surface area contributed by atoms with E-state index in [0.29, 0.717) is 5.92 Å². The monoisotopic (exact) mass is 238 g/mol. The number of hydrogen-bond donors (Lipinski definition) is 1. The first kappa shape index (κ1) is 11.9. The van der Waals surface area contributed by atoms with E-state index in [-0.39, 0.29) is 12.0 Å². The van der Waals surface area contributed by atoms with E-state index in [4.69, 9.17) is 11.6 Å². The molecule has 0 amide bonds. The van der Waals surface area contributed by atoms with Gasteiger partial charge in [0.25, 0.3) is 0 Å². The Labute approximate surface area is 102 Å². The zero-order chi connectivity index (χ0) is 11.8. The van der Waals surface area contributed by atoms with Gasteiger partial charge in [0, 0.05) is 11.6 Å². The lowest BCUT2D eigenvalue weighted by molar-refractivity contribution is 0.0875. The lowest BCUT2D eigenvalue weighted by atomic mass is 9.70. The van der Waals surface area contributed by atoms with Crippen molar-refractivity contribution in [2.75, 3.05) is 6.61 Å². The van der Waals surface area contributed by atoms with Crippen LogP contribution in [0.4, 0.5) is 0 Å². The Balaban J connectivity index is 2.25. The van der Waals surface area contributed by atoms with Crippen LogP contribution >= 0.6 is 11.6 Å². The Kier molecular flexibility index (Phi) is 3.27. The van der Waals surface area contributed by atoms with E-state index >= 15 is 0 Å². The van der Waals surface area contributed by atoms with E-state index in [1.807, 2.05) is 12.1 Å². The molecule has 1 nitrogen and oxygen atoms in total.